The summed E-state index contributed by atoms with van der Waals surface area (Å²) in [7, 11) is 0. The standard InChI is InChI=1S/C16H16FNO2/c17-14-8-6-13(7-9-14)16(20)18-15(10-11-19)12-4-2-1-3-5-12/h1-9,15,19H,10-11H2,(H,18,20). The summed E-state index contributed by atoms with van der Waals surface area (Å²) in [6.07, 6.45) is 0.428. The molecule has 2 N–H and O–H groups in total. The number of carbonyl (C=O) groups excluding carboxylic acids is 1. The van der Waals surface area contributed by atoms with E-state index in [9.17, 15) is 9.18 Å². The summed E-state index contributed by atoms with van der Waals surface area (Å²) < 4.78 is 12.8. The summed E-state index contributed by atoms with van der Waals surface area (Å²) in [6, 6.07) is 14.5. The quantitative estimate of drug-likeness (QED) is 0.880. The lowest BCUT2D eigenvalue weighted by Gasteiger charge is -2.18. The Morgan fingerprint density at radius 2 is 1.75 bits per heavy atom. The molecule has 0 spiro atoms. The van der Waals surface area contributed by atoms with Crippen LogP contribution in [0.4, 0.5) is 4.39 Å². The highest BCUT2D eigenvalue weighted by atomic mass is 19.1. The van der Waals surface area contributed by atoms with Crippen LogP contribution in [0.15, 0.2) is 54.6 Å². The molecule has 20 heavy (non-hydrogen) atoms. The fourth-order valence-electron chi connectivity index (χ4n) is 1.98. The van der Waals surface area contributed by atoms with Crippen molar-refractivity contribution >= 4 is 5.91 Å². The number of benzene rings is 2. The van der Waals surface area contributed by atoms with Crippen molar-refractivity contribution in [3.05, 3.63) is 71.5 Å². The monoisotopic (exact) mass is 273 g/mol. The van der Waals surface area contributed by atoms with Gasteiger partial charge in [0, 0.05) is 12.2 Å². The van der Waals surface area contributed by atoms with Gasteiger partial charge in [0.25, 0.3) is 5.91 Å². The second-order valence-corrected chi connectivity index (χ2v) is 4.46. The second kappa shape index (κ2) is 6.82. The lowest BCUT2D eigenvalue weighted by atomic mass is 10.0. The molecule has 0 radical (unpaired) electrons. The number of amides is 1. The fraction of sp³-hybridized carbons (Fsp3) is 0.188. The van der Waals surface area contributed by atoms with Crippen molar-refractivity contribution in [2.45, 2.75) is 12.5 Å². The first-order valence-corrected chi connectivity index (χ1v) is 6.43. The molecular weight excluding hydrogens is 257 g/mol. The molecule has 104 valence electrons. The minimum Gasteiger partial charge on any atom is -0.396 e. The topological polar surface area (TPSA) is 49.3 Å². The molecule has 3 nitrogen and oxygen atoms in total. The van der Waals surface area contributed by atoms with Crippen molar-refractivity contribution in [2.75, 3.05) is 6.61 Å². The molecular formula is C16H16FNO2. The van der Waals surface area contributed by atoms with Crippen molar-refractivity contribution in [1.82, 2.24) is 5.32 Å². The maximum absolute atomic E-state index is 12.8. The molecule has 0 heterocycles. The molecule has 0 fully saturated rings. The zero-order valence-electron chi connectivity index (χ0n) is 10.9. The largest absolute Gasteiger partial charge is 0.396 e. The second-order valence-electron chi connectivity index (χ2n) is 4.46. The summed E-state index contributed by atoms with van der Waals surface area (Å²) in [5.74, 6) is -0.663. The molecule has 2 aromatic carbocycles. The number of nitrogens with one attached hydrogen (secondary N) is 1. The van der Waals surface area contributed by atoms with E-state index in [0.29, 0.717) is 12.0 Å². The SMILES string of the molecule is O=C(NC(CCO)c1ccccc1)c1ccc(F)cc1. The summed E-state index contributed by atoms with van der Waals surface area (Å²) in [6.45, 7) is -0.0245. The number of aliphatic hydroxyl groups excluding tert-OH is 1. The van der Waals surface area contributed by atoms with Crippen LogP contribution in [-0.4, -0.2) is 17.6 Å². The number of hydrogen-bond acceptors (Lipinski definition) is 2. The van der Waals surface area contributed by atoms with E-state index < -0.39 is 0 Å². The van der Waals surface area contributed by atoms with Crippen LogP contribution in [0.25, 0.3) is 0 Å². The molecule has 0 aliphatic heterocycles. The number of aliphatic hydroxyl groups is 1. The van der Waals surface area contributed by atoms with Gasteiger partial charge in [-0.15, -0.1) is 0 Å². The zero-order chi connectivity index (χ0) is 14.4. The van der Waals surface area contributed by atoms with Crippen molar-refractivity contribution in [1.29, 1.82) is 0 Å². The molecule has 0 aliphatic rings. The van der Waals surface area contributed by atoms with E-state index in [2.05, 4.69) is 5.32 Å². The molecule has 4 heteroatoms. The summed E-state index contributed by atoms with van der Waals surface area (Å²) >= 11 is 0. The number of halogens is 1. The van der Waals surface area contributed by atoms with Crippen molar-refractivity contribution in [3.63, 3.8) is 0 Å². The van der Waals surface area contributed by atoms with Crippen molar-refractivity contribution in [2.24, 2.45) is 0 Å². The van der Waals surface area contributed by atoms with Gasteiger partial charge in [0.05, 0.1) is 6.04 Å². The van der Waals surface area contributed by atoms with Gasteiger partial charge in [0.1, 0.15) is 5.82 Å². The third kappa shape index (κ3) is 3.65. The van der Waals surface area contributed by atoms with Gasteiger partial charge in [-0.2, -0.15) is 0 Å². The van der Waals surface area contributed by atoms with Crippen LogP contribution in [0, 0.1) is 5.82 Å². The first kappa shape index (κ1) is 14.2. The van der Waals surface area contributed by atoms with Crippen LogP contribution in [-0.2, 0) is 0 Å². The van der Waals surface area contributed by atoms with Gasteiger partial charge in [-0.25, -0.2) is 4.39 Å². The normalized spacial score (nSPS) is 11.9. The van der Waals surface area contributed by atoms with E-state index in [0.717, 1.165) is 5.56 Å². The van der Waals surface area contributed by atoms with E-state index in [1.807, 2.05) is 30.3 Å². The van der Waals surface area contributed by atoms with Crippen LogP contribution < -0.4 is 5.32 Å². The van der Waals surface area contributed by atoms with Gasteiger partial charge < -0.3 is 10.4 Å². The highest BCUT2D eigenvalue weighted by Crippen LogP contribution is 2.17. The van der Waals surface area contributed by atoms with Crippen LogP contribution in [0.3, 0.4) is 0 Å². The Bertz CT molecular complexity index is 554. The molecule has 2 aromatic rings. The number of hydrogen-bond donors (Lipinski definition) is 2. The van der Waals surface area contributed by atoms with Gasteiger partial charge in [-0.1, -0.05) is 30.3 Å². The molecule has 0 aromatic heterocycles. The number of carbonyl (C=O) groups is 1. The highest BCUT2D eigenvalue weighted by molar-refractivity contribution is 5.94. The maximum Gasteiger partial charge on any atom is 0.251 e. The van der Waals surface area contributed by atoms with Crippen LogP contribution in [0.1, 0.15) is 28.4 Å². The van der Waals surface area contributed by atoms with Gasteiger partial charge in [-0.3, -0.25) is 4.79 Å². The first-order chi connectivity index (χ1) is 9.70. The van der Waals surface area contributed by atoms with Crippen LogP contribution in [0.5, 0.6) is 0 Å². The van der Waals surface area contributed by atoms with E-state index >= 15 is 0 Å². The van der Waals surface area contributed by atoms with E-state index in [1.165, 1.54) is 24.3 Å². The zero-order valence-corrected chi connectivity index (χ0v) is 10.9. The fourth-order valence-corrected chi connectivity index (χ4v) is 1.98. The Balaban J connectivity index is 2.12. The van der Waals surface area contributed by atoms with Gasteiger partial charge in [0.15, 0.2) is 0 Å². The summed E-state index contributed by atoms with van der Waals surface area (Å²) in [5, 5.41) is 12.0. The minimum atomic E-state index is -0.378. The molecule has 0 aliphatic carbocycles. The van der Waals surface area contributed by atoms with Crippen molar-refractivity contribution in [3.8, 4) is 0 Å². The first-order valence-electron chi connectivity index (χ1n) is 6.43. The molecule has 1 amide bonds. The predicted molar refractivity (Wildman–Crippen MR) is 74.8 cm³/mol. The minimum absolute atomic E-state index is 0.0245. The average Bonchev–Trinajstić information content (AvgIpc) is 2.48. The smallest absolute Gasteiger partial charge is 0.251 e. The van der Waals surface area contributed by atoms with Crippen LogP contribution in [0.2, 0.25) is 0 Å². The molecule has 0 saturated carbocycles. The van der Waals surface area contributed by atoms with E-state index in [4.69, 9.17) is 5.11 Å². The summed E-state index contributed by atoms with van der Waals surface area (Å²) in [4.78, 5) is 12.1. The van der Waals surface area contributed by atoms with E-state index in [-0.39, 0.29) is 24.4 Å². The molecule has 1 atom stereocenters. The Morgan fingerprint density at radius 3 is 2.35 bits per heavy atom. The third-order valence-corrected chi connectivity index (χ3v) is 3.03. The molecule has 0 saturated heterocycles. The highest BCUT2D eigenvalue weighted by Gasteiger charge is 2.15. The molecule has 2 rings (SSSR count). The lowest BCUT2D eigenvalue weighted by molar-refractivity contribution is 0.0930. The Hall–Kier alpha value is -2.20. The van der Waals surface area contributed by atoms with Crippen molar-refractivity contribution < 1.29 is 14.3 Å². The third-order valence-electron chi connectivity index (χ3n) is 3.03. The van der Waals surface area contributed by atoms with E-state index in [1.54, 1.807) is 0 Å². The van der Waals surface area contributed by atoms with Gasteiger partial charge in [-0.05, 0) is 36.2 Å². The maximum atomic E-state index is 12.8. The molecule has 0 bridgehead atoms. The Labute approximate surface area is 117 Å². The van der Waals surface area contributed by atoms with Gasteiger partial charge >= 0.3 is 0 Å². The predicted octanol–water partition coefficient (Wildman–Crippen LogP) is 2.68. The van der Waals surface area contributed by atoms with Gasteiger partial charge in [0.2, 0.25) is 0 Å². The summed E-state index contributed by atoms with van der Waals surface area (Å²) in [5.41, 5.74) is 1.32. The van der Waals surface area contributed by atoms with Crippen LogP contribution >= 0.6 is 0 Å². The molecule has 1 unspecified atom stereocenters. The Morgan fingerprint density at radius 1 is 1.10 bits per heavy atom. The average molecular weight is 273 g/mol. The lowest BCUT2D eigenvalue weighted by Crippen LogP contribution is -2.29. The Kier molecular flexibility index (Phi) is 4.85. The number of rotatable bonds is 5.